The van der Waals surface area contributed by atoms with Gasteiger partial charge in [0.25, 0.3) is 0 Å². The molecule has 3 heteroatoms. The van der Waals surface area contributed by atoms with Gasteiger partial charge in [-0.25, -0.2) is 0 Å². The summed E-state index contributed by atoms with van der Waals surface area (Å²) in [5.41, 5.74) is -0.154. The van der Waals surface area contributed by atoms with Crippen molar-refractivity contribution in [3.8, 4) is 0 Å². The number of hydrogen-bond donors (Lipinski definition) is 1. The molecule has 0 bridgehead atoms. The molecule has 0 fully saturated rings. The second-order valence-corrected chi connectivity index (χ2v) is 3.56. The summed E-state index contributed by atoms with van der Waals surface area (Å²) in [7, 11) is 0. The molecular weight excluding hydrogens is 152 g/mol. The fraction of sp³-hybridized carbons (Fsp3) is 0.833. The minimum Gasteiger partial charge on any atom is -0.473 e. The van der Waals surface area contributed by atoms with E-state index >= 15 is 0 Å². The molecular formula is C6H12OS2. The van der Waals surface area contributed by atoms with Crippen molar-refractivity contribution in [3.63, 3.8) is 0 Å². The molecule has 0 aromatic rings. The average molecular weight is 164 g/mol. The van der Waals surface area contributed by atoms with Crippen molar-refractivity contribution in [2.45, 2.75) is 32.8 Å². The molecule has 0 N–H and O–H groups in total. The van der Waals surface area contributed by atoms with E-state index in [1.54, 1.807) is 0 Å². The zero-order valence-corrected chi connectivity index (χ0v) is 7.68. The molecule has 0 aromatic carbocycles. The van der Waals surface area contributed by atoms with Crippen LogP contribution in [0, 0.1) is 0 Å². The average Bonchev–Trinajstić information content (AvgIpc) is 1.63. The van der Waals surface area contributed by atoms with Gasteiger partial charge >= 0.3 is 0 Å². The standard InChI is InChI=1S/C6H12OS2/c1-4-6(2,3)7-5(8)9/h4H2,1-3H3,(H,8,9). The summed E-state index contributed by atoms with van der Waals surface area (Å²) in [6.07, 6.45) is 0.938. The van der Waals surface area contributed by atoms with Gasteiger partial charge in [-0.05, 0) is 32.5 Å². The molecule has 0 aliphatic heterocycles. The Morgan fingerprint density at radius 1 is 1.67 bits per heavy atom. The molecule has 0 radical (unpaired) electrons. The summed E-state index contributed by atoms with van der Waals surface area (Å²) in [4.78, 5) is 0. The monoisotopic (exact) mass is 164 g/mol. The summed E-state index contributed by atoms with van der Waals surface area (Å²) in [5.74, 6) is 0. The normalized spacial score (nSPS) is 11.1. The van der Waals surface area contributed by atoms with Crippen molar-refractivity contribution in [1.82, 2.24) is 0 Å². The van der Waals surface area contributed by atoms with E-state index in [2.05, 4.69) is 24.8 Å². The largest absolute Gasteiger partial charge is 0.473 e. The Morgan fingerprint density at radius 2 is 2.11 bits per heavy atom. The van der Waals surface area contributed by atoms with E-state index in [0.717, 1.165) is 6.42 Å². The predicted molar refractivity (Wildman–Crippen MR) is 47.0 cm³/mol. The molecule has 0 rings (SSSR count). The molecule has 0 aliphatic carbocycles. The molecule has 0 aromatic heterocycles. The van der Waals surface area contributed by atoms with Crippen LogP contribution in [0.25, 0.3) is 0 Å². The molecule has 9 heavy (non-hydrogen) atoms. The predicted octanol–water partition coefficient (Wildman–Crippen LogP) is 2.41. The molecule has 0 saturated carbocycles. The van der Waals surface area contributed by atoms with Crippen molar-refractivity contribution in [1.29, 1.82) is 0 Å². The maximum absolute atomic E-state index is 5.18. The fourth-order valence-electron chi connectivity index (χ4n) is 0.309. The first-order chi connectivity index (χ1) is 3.98. The van der Waals surface area contributed by atoms with Gasteiger partial charge in [0.15, 0.2) is 0 Å². The number of ether oxygens (including phenoxy) is 1. The van der Waals surface area contributed by atoms with Crippen molar-refractivity contribution in [2.75, 3.05) is 0 Å². The SMILES string of the molecule is CCC(C)(C)OC(=S)S. The second-order valence-electron chi connectivity index (χ2n) is 2.48. The molecule has 54 valence electrons. The van der Waals surface area contributed by atoms with Crippen LogP contribution in [0.5, 0.6) is 0 Å². The van der Waals surface area contributed by atoms with E-state index in [0.29, 0.717) is 4.38 Å². The molecule has 0 atom stereocenters. The van der Waals surface area contributed by atoms with Crippen LogP contribution in [0.4, 0.5) is 0 Å². The van der Waals surface area contributed by atoms with Crippen LogP contribution in [0.1, 0.15) is 27.2 Å². The van der Waals surface area contributed by atoms with E-state index in [1.165, 1.54) is 0 Å². The van der Waals surface area contributed by atoms with Crippen LogP contribution in [-0.2, 0) is 4.74 Å². The Bertz CT molecular complexity index is 110. The van der Waals surface area contributed by atoms with Crippen LogP contribution < -0.4 is 0 Å². The Balaban J connectivity index is 3.71. The third kappa shape index (κ3) is 4.73. The van der Waals surface area contributed by atoms with Crippen LogP contribution in [0.3, 0.4) is 0 Å². The van der Waals surface area contributed by atoms with Gasteiger partial charge < -0.3 is 4.74 Å². The molecule has 0 heterocycles. The van der Waals surface area contributed by atoms with Gasteiger partial charge in [-0.15, -0.1) is 0 Å². The van der Waals surface area contributed by atoms with Gasteiger partial charge in [0, 0.05) is 0 Å². The lowest BCUT2D eigenvalue weighted by atomic mass is 10.1. The van der Waals surface area contributed by atoms with Gasteiger partial charge in [-0.3, -0.25) is 0 Å². The summed E-state index contributed by atoms with van der Waals surface area (Å²) >= 11 is 8.51. The van der Waals surface area contributed by atoms with E-state index < -0.39 is 0 Å². The van der Waals surface area contributed by atoms with Crippen molar-refractivity contribution < 1.29 is 4.74 Å². The van der Waals surface area contributed by atoms with Crippen molar-refractivity contribution in [2.24, 2.45) is 0 Å². The fourth-order valence-corrected chi connectivity index (χ4v) is 0.781. The van der Waals surface area contributed by atoms with E-state index in [4.69, 9.17) is 4.74 Å². The number of rotatable bonds is 2. The lowest BCUT2D eigenvalue weighted by Gasteiger charge is -2.22. The first-order valence-corrected chi connectivity index (χ1v) is 3.75. The first-order valence-electron chi connectivity index (χ1n) is 2.90. The lowest BCUT2D eigenvalue weighted by Crippen LogP contribution is -2.23. The Kier molecular flexibility index (Phi) is 3.51. The summed E-state index contributed by atoms with van der Waals surface area (Å²) in [6.45, 7) is 6.01. The van der Waals surface area contributed by atoms with E-state index in [-0.39, 0.29) is 5.60 Å². The highest BCUT2D eigenvalue weighted by molar-refractivity contribution is 8.10. The summed E-state index contributed by atoms with van der Waals surface area (Å²) in [5, 5.41) is 0. The maximum atomic E-state index is 5.18. The van der Waals surface area contributed by atoms with Crippen LogP contribution in [-0.4, -0.2) is 9.98 Å². The zero-order valence-electron chi connectivity index (χ0n) is 5.97. The summed E-state index contributed by atoms with van der Waals surface area (Å²) in [6, 6.07) is 0. The second kappa shape index (κ2) is 3.42. The van der Waals surface area contributed by atoms with Gasteiger partial charge in [0.05, 0.1) is 0 Å². The van der Waals surface area contributed by atoms with Crippen molar-refractivity contribution >= 4 is 29.2 Å². The highest BCUT2D eigenvalue weighted by Crippen LogP contribution is 2.14. The van der Waals surface area contributed by atoms with Gasteiger partial charge in [-0.1, -0.05) is 19.6 Å². The lowest BCUT2D eigenvalue weighted by molar-refractivity contribution is 0.102. The number of hydrogen-bond acceptors (Lipinski definition) is 2. The minimum atomic E-state index is -0.154. The molecule has 0 aliphatic rings. The zero-order chi connectivity index (χ0) is 7.49. The maximum Gasteiger partial charge on any atom is 0.217 e. The van der Waals surface area contributed by atoms with Gasteiger partial charge in [-0.2, -0.15) is 0 Å². The Hall–Kier alpha value is 0.240. The highest BCUT2D eigenvalue weighted by atomic mass is 32.1. The quantitative estimate of drug-likeness (QED) is 0.496. The molecule has 0 saturated heterocycles. The Labute approximate surface area is 67.2 Å². The molecule has 1 nitrogen and oxygen atoms in total. The van der Waals surface area contributed by atoms with Crippen LogP contribution in [0.2, 0.25) is 0 Å². The van der Waals surface area contributed by atoms with Crippen LogP contribution in [0.15, 0.2) is 0 Å². The summed E-state index contributed by atoms with van der Waals surface area (Å²) < 4.78 is 5.50. The van der Waals surface area contributed by atoms with Crippen molar-refractivity contribution in [3.05, 3.63) is 0 Å². The third-order valence-electron chi connectivity index (χ3n) is 1.22. The van der Waals surface area contributed by atoms with E-state index in [9.17, 15) is 0 Å². The first kappa shape index (κ1) is 9.24. The van der Waals surface area contributed by atoms with Gasteiger partial charge in [0.2, 0.25) is 4.38 Å². The molecule has 0 spiro atoms. The van der Waals surface area contributed by atoms with Gasteiger partial charge in [0.1, 0.15) is 5.60 Å². The van der Waals surface area contributed by atoms with E-state index in [1.807, 2.05) is 20.8 Å². The highest BCUT2D eigenvalue weighted by Gasteiger charge is 2.16. The third-order valence-corrected chi connectivity index (χ3v) is 1.39. The number of thiocarbonyl (C=S) groups is 1. The topological polar surface area (TPSA) is 9.23 Å². The minimum absolute atomic E-state index is 0.154. The smallest absolute Gasteiger partial charge is 0.217 e. The Morgan fingerprint density at radius 3 is 2.22 bits per heavy atom. The van der Waals surface area contributed by atoms with Crippen LogP contribution >= 0.6 is 24.8 Å². The molecule has 0 amide bonds. The number of thiol groups is 1. The molecule has 0 unspecified atom stereocenters.